The van der Waals surface area contributed by atoms with Crippen LogP contribution in [0.15, 0.2) is 0 Å². The van der Waals surface area contributed by atoms with Gasteiger partial charge in [0.05, 0.1) is 13.0 Å². The van der Waals surface area contributed by atoms with Crippen LogP contribution in [0.2, 0.25) is 0 Å². The number of esters is 1. The van der Waals surface area contributed by atoms with Crippen LogP contribution in [-0.2, 0) is 9.53 Å². The first-order valence-corrected chi connectivity index (χ1v) is 6.96. The summed E-state index contributed by atoms with van der Waals surface area (Å²) >= 11 is 0. The smallest absolute Gasteiger partial charge is 0.309 e. The Hall–Kier alpha value is -0.570. The summed E-state index contributed by atoms with van der Waals surface area (Å²) in [6, 6.07) is 0.200. The van der Waals surface area contributed by atoms with Crippen molar-refractivity contribution in [2.24, 2.45) is 11.8 Å². The fourth-order valence-corrected chi connectivity index (χ4v) is 2.59. The minimum Gasteiger partial charge on any atom is -0.469 e. The first-order valence-electron chi connectivity index (χ1n) is 6.96. The SMILES string of the molecule is COC(=O)C(C)C(C)NCCCC1CCCC1. The fourth-order valence-electron chi connectivity index (χ4n) is 2.59. The van der Waals surface area contributed by atoms with Crippen LogP contribution in [-0.4, -0.2) is 25.7 Å². The quantitative estimate of drug-likeness (QED) is 0.550. The molecule has 0 aromatic carbocycles. The third-order valence-electron chi connectivity index (χ3n) is 4.05. The second-order valence-electron chi connectivity index (χ2n) is 5.35. The van der Waals surface area contributed by atoms with Gasteiger partial charge in [0.2, 0.25) is 0 Å². The van der Waals surface area contributed by atoms with Gasteiger partial charge in [-0.1, -0.05) is 32.6 Å². The summed E-state index contributed by atoms with van der Waals surface area (Å²) in [6.07, 6.45) is 8.26. The van der Waals surface area contributed by atoms with Crippen LogP contribution in [0.25, 0.3) is 0 Å². The molecule has 3 heteroatoms. The minimum absolute atomic E-state index is 0.0634. The third-order valence-corrected chi connectivity index (χ3v) is 4.05. The Morgan fingerprint density at radius 2 is 2.00 bits per heavy atom. The highest BCUT2D eigenvalue weighted by Gasteiger charge is 2.20. The second kappa shape index (κ2) is 7.70. The van der Waals surface area contributed by atoms with Gasteiger partial charge in [0.25, 0.3) is 0 Å². The Kier molecular flexibility index (Phi) is 6.56. The molecule has 1 fully saturated rings. The molecule has 0 heterocycles. The molecular weight excluding hydrogens is 214 g/mol. The van der Waals surface area contributed by atoms with Crippen LogP contribution < -0.4 is 5.32 Å². The Bertz CT molecular complexity index is 224. The summed E-state index contributed by atoms with van der Waals surface area (Å²) in [5.41, 5.74) is 0. The third kappa shape index (κ3) is 5.07. The van der Waals surface area contributed by atoms with Gasteiger partial charge >= 0.3 is 5.97 Å². The van der Waals surface area contributed by atoms with Crippen molar-refractivity contribution in [3.63, 3.8) is 0 Å². The van der Waals surface area contributed by atoms with Gasteiger partial charge in [0.1, 0.15) is 0 Å². The minimum atomic E-state index is -0.124. The van der Waals surface area contributed by atoms with E-state index in [9.17, 15) is 4.79 Å². The van der Waals surface area contributed by atoms with Crippen LogP contribution in [0.3, 0.4) is 0 Å². The normalized spacial score (nSPS) is 20.2. The van der Waals surface area contributed by atoms with E-state index in [2.05, 4.69) is 12.2 Å². The van der Waals surface area contributed by atoms with Crippen molar-refractivity contribution >= 4 is 5.97 Å². The molecule has 1 N–H and O–H groups in total. The molecule has 0 aliphatic heterocycles. The highest BCUT2D eigenvalue weighted by molar-refractivity contribution is 5.72. The summed E-state index contributed by atoms with van der Waals surface area (Å²) in [4.78, 5) is 11.3. The molecular formula is C14H27NO2. The lowest BCUT2D eigenvalue weighted by atomic mass is 10.0. The van der Waals surface area contributed by atoms with Crippen molar-refractivity contribution in [2.45, 2.75) is 58.4 Å². The number of nitrogens with one attached hydrogen (secondary N) is 1. The standard InChI is InChI=1S/C14H27NO2/c1-11(14(16)17-3)12(2)15-10-6-9-13-7-4-5-8-13/h11-13,15H,4-10H2,1-3H3. The molecule has 0 spiro atoms. The molecule has 17 heavy (non-hydrogen) atoms. The van der Waals surface area contributed by atoms with E-state index in [1.54, 1.807) is 0 Å². The summed E-state index contributed by atoms with van der Waals surface area (Å²) in [5.74, 6) is 0.775. The molecule has 0 aromatic rings. The molecule has 1 aliphatic carbocycles. The summed E-state index contributed by atoms with van der Waals surface area (Å²) in [6.45, 7) is 4.98. The van der Waals surface area contributed by atoms with Gasteiger partial charge in [-0.25, -0.2) is 0 Å². The van der Waals surface area contributed by atoms with E-state index in [0.717, 1.165) is 12.5 Å². The average Bonchev–Trinajstić information content (AvgIpc) is 2.85. The lowest BCUT2D eigenvalue weighted by Gasteiger charge is -2.19. The van der Waals surface area contributed by atoms with Crippen LogP contribution in [0.1, 0.15) is 52.4 Å². The lowest BCUT2D eigenvalue weighted by molar-refractivity contribution is -0.145. The molecule has 2 atom stereocenters. The molecule has 0 aromatic heterocycles. The number of rotatable bonds is 7. The molecule has 2 unspecified atom stereocenters. The summed E-state index contributed by atoms with van der Waals surface area (Å²) in [5, 5.41) is 3.42. The molecule has 1 saturated carbocycles. The van der Waals surface area contributed by atoms with Gasteiger partial charge in [0.15, 0.2) is 0 Å². The van der Waals surface area contributed by atoms with Crippen molar-refractivity contribution in [1.29, 1.82) is 0 Å². The van der Waals surface area contributed by atoms with Gasteiger partial charge in [-0.15, -0.1) is 0 Å². The van der Waals surface area contributed by atoms with Gasteiger partial charge in [-0.3, -0.25) is 4.79 Å². The zero-order valence-electron chi connectivity index (χ0n) is 11.5. The first-order chi connectivity index (χ1) is 8.15. The Morgan fingerprint density at radius 3 is 2.59 bits per heavy atom. The Morgan fingerprint density at radius 1 is 1.35 bits per heavy atom. The molecule has 0 amide bonds. The van der Waals surface area contributed by atoms with E-state index in [0.29, 0.717) is 0 Å². The Balaban J connectivity index is 2.06. The van der Waals surface area contributed by atoms with Crippen LogP contribution in [0.5, 0.6) is 0 Å². The number of ether oxygens (including phenoxy) is 1. The monoisotopic (exact) mass is 241 g/mol. The van der Waals surface area contributed by atoms with Gasteiger partial charge < -0.3 is 10.1 Å². The van der Waals surface area contributed by atoms with Crippen LogP contribution in [0, 0.1) is 11.8 Å². The largest absolute Gasteiger partial charge is 0.469 e. The molecule has 0 radical (unpaired) electrons. The van der Waals surface area contributed by atoms with E-state index < -0.39 is 0 Å². The summed E-state index contributed by atoms with van der Waals surface area (Å²) in [7, 11) is 1.45. The van der Waals surface area contributed by atoms with E-state index >= 15 is 0 Å². The van der Waals surface area contributed by atoms with Gasteiger partial charge in [-0.05, 0) is 32.2 Å². The van der Waals surface area contributed by atoms with Crippen molar-refractivity contribution in [3.05, 3.63) is 0 Å². The topological polar surface area (TPSA) is 38.3 Å². The fraction of sp³-hybridized carbons (Fsp3) is 0.929. The number of hydrogen-bond acceptors (Lipinski definition) is 3. The first kappa shape index (κ1) is 14.5. The highest BCUT2D eigenvalue weighted by Crippen LogP contribution is 2.28. The summed E-state index contributed by atoms with van der Waals surface area (Å²) < 4.78 is 4.74. The predicted molar refractivity (Wildman–Crippen MR) is 69.8 cm³/mol. The maximum Gasteiger partial charge on any atom is 0.309 e. The van der Waals surface area contributed by atoms with Crippen LogP contribution >= 0.6 is 0 Å². The van der Waals surface area contributed by atoms with Crippen molar-refractivity contribution in [3.8, 4) is 0 Å². The van der Waals surface area contributed by atoms with E-state index in [4.69, 9.17) is 4.74 Å². The van der Waals surface area contributed by atoms with Crippen molar-refractivity contribution < 1.29 is 9.53 Å². The number of methoxy groups -OCH3 is 1. The van der Waals surface area contributed by atoms with E-state index in [1.807, 2.05) is 6.92 Å². The molecule has 100 valence electrons. The molecule has 0 bridgehead atoms. The predicted octanol–water partition coefficient (Wildman–Crippen LogP) is 2.74. The second-order valence-corrected chi connectivity index (χ2v) is 5.35. The highest BCUT2D eigenvalue weighted by atomic mass is 16.5. The number of carbonyl (C=O) groups excluding carboxylic acids is 1. The van der Waals surface area contributed by atoms with Gasteiger partial charge in [-0.2, -0.15) is 0 Å². The molecule has 0 saturated heterocycles. The van der Waals surface area contributed by atoms with Crippen LogP contribution in [0.4, 0.5) is 0 Å². The molecule has 3 nitrogen and oxygen atoms in total. The number of carbonyl (C=O) groups is 1. The van der Waals surface area contributed by atoms with Gasteiger partial charge in [0, 0.05) is 6.04 Å². The zero-order chi connectivity index (χ0) is 12.7. The molecule has 1 aliphatic rings. The maximum atomic E-state index is 11.3. The maximum absolute atomic E-state index is 11.3. The van der Waals surface area contributed by atoms with E-state index in [-0.39, 0.29) is 17.9 Å². The zero-order valence-corrected chi connectivity index (χ0v) is 11.5. The van der Waals surface area contributed by atoms with E-state index in [1.165, 1.54) is 45.6 Å². The molecule has 1 rings (SSSR count). The Labute approximate surface area is 105 Å². The number of hydrogen-bond donors (Lipinski definition) is 1. The lowest BCUT2D eigenvalue weighted by Crippen LogP contribution is -2.37. The average molecular weight is 241 g/mol. The van der Waals surface area contributed by atoms with Crippen molar-refractivity contribution in [2.75, 3.05) is 13.7 Å². The van der Waals surface area contributed by atoms with Crippen molar-refractivity contribution in [1.82, 2.24) is 5.32 Å².